The van der Waals surface area contributed by atoms with Crippen LogP contribution in [-0.2, 0) is 6.18 Å². The van der Waals surface area contributed by atoms with Crippen LogP contribution in [-0.4, -0.2) is 21.9 Å². The molecule has 128 valence electrons. The predicted octanol–water partition coefficient (Wildman–Crippen LogP) is 3.70. The van der Waals surface area contributed by atoms with Crippen molar-refractivity contribution in [2.75, 3.05) is 10.6 Å². The van der Waals surface area contributed by atoms with Gasteiger partial charge in [0, 0.05) is 6.04 Å². The van der Waals surface area contributed by atoms with Gasteiger partial charge in [-0.15, -0.1) is 0 Å². The van der Waals surface area contributed by atoms with Crippen molar-refractivity contribution in [3.63, 3.8) is 0 Å². The number of oxazole rings is 1. The van der Waals surface area contributed by atoms with Crippen LogP contribution in [0.15, 0.2) is 29.0 Å². The van der Waals surface area contributed by atoms with Gasteiger partial charge in [0.25, 0.3) is 5.91 Å². The highest BCUT2D eigenvalue weighted by Gasteiger charge is 2.37. The number of nitrogens with one attached hydrogen (secondary N) is 2. The molecule has 0 aromatic carbocycles. The lowest BCUT2D eigenvalue weighted by Crippen LogP contribution is -2.16. The molecule has 1 aliphatic carbocycles. The number of nitrogens with zero attached hydrogens (tertiary/aromatic N) is 2. The Morgan fingerprint density at radius 2 is 2.00 bits per heavy atom. The molecular weight excluding hydrogens is 325 g/mol. The van der Waals surface area contributed by atoms with Gasteiger partial charge in [-0.05, 0) is 25.0 Å². The Morgan fingerprint density at radius 3 is 2.58 bits per heavy atom. The third kappa shape index (κ3) is 3.84. The zero-order valence-corrected chi connectivity index (χ0v) is 12.6. The minimum atomic E-state index is -4.73. The summed E-state index contributed by atoms with van der Waals surface area (Å²) in [5.74, 6) is -1.56. The molecular formula is C15H15F3N4O2. The number of halogens is 3. The number of rotatable bonds is 4. The lowest BCUT2D eigenvalue weighted by molar-refractivity contribution is -0.157. The van der Waals surface area contributed by atoms with Crippen LogP contribution in [0.5, 0.6) is 0 Å². The number of aromatic nitrogens is 2. The van der Waals surface area contributed by atoms with E-state index in [9.17, 15) is 18.0 Å². The molecule has 0 atom stereocenters. The zero-order valence-electron chi connectivity index (χ0n) is 12.6. The van der Waals surface area contributed by atoms with Crippen molar-refractivity contribution in [2.24, 2.45) is 0 Å². The summed E-state index contributed by atoms with van der Waals surface area (Å²) in [6, 6.07) is 3.74. The first kappa shape index (κ1) is 16.3. The van der Waals surface area contributed by atoms with E-state index in [2.05, 4.69) is 25.0 Å². The minimum Gasteiger partial charge on any atom is -0.441 e. The standard InChI is InChI=1S/C15H15F3N4O2/c16-15(17,18)14-22-11(8-24-14)13(23)21-10-5-6-12(19-7-10)20-9-3-1-2-4-9/h5-9H,1-4H2,(H,19,20)(H,21,23). The van der Waals surface area contributed by atoms with E-state index in [0.717, 1.165) is 12.8 Å². The molecule has 2 aromatic heterocycles. The van der Waals surface area contributed by atoms with E-state index in [1.165, 1.54) is 19.0 Å². The van der Waals surface area contributed by atoms with E-state index in [4.69, 9.17) is 0 Å². The molecule has 0 unspecified atom stereocenters. The van der Waals surface area contributed by atoms with E-state index >= 15 is 0 Å². The molecule has 9 heteroatoms. The summed E-state index contributed by atoms with van der Waals surface area (Å²) >= 11 is 0. The van der Waals surface area contributed by atoms with E-state index in [-0.39, 0.29) is 0 Å². The van der Waals surface area contributed by atoms with Crippen molar-refractivity contribution < 1.29 is 22.4 Å². The van der Waals surface area contributed by atoms with Crippen LogP contribution in [0.3, 0.4) is 0 Å². The lowest BCUT2D eigenvalue weighted by Gasteiger charge is -2.12. The normalized spacial score (nSPS) is 15.5. The molecule has 1 fully saturated rings. The van der Waals surface area contributed by atoms with Crippen LogP contribution in [0.25, 0.3) is 0 Å². The van der Waals surface area contributed by atoms with Crippen LogP contribution >= 0.6 is 0 Å². The minimum absolute atomic E-state index is 0.355. The quantitative estimate of drug-likeness (QED) is 0.887. The van der Waals surface area contributed by atoms with Gasteiger partial charge in [0.15, 0.2) is 5.69 Å². The SMILES string of the molecule is O=C(Nc1ccc(NC2CCCC2)nc1)c1coc(C(F)(F)F)n1. The molecule has 0 saturated heterocycles. The topological polar surface area (TPSA) is 80.0 Å². The number of carbonyl (C=O) groups is 1. The number of alkyl halides is 3. The molecule has 1 amide bonds. The molecule has 2 aromatic rings. The maximum atomic E-state index is 12.4. The number of carbonyl (C=O) groups excluding carboxylic acids is 1. The number of hydrogen-bond donors (Lipinski definition) is 2. The molecule has 0 aliphatic heterocycles. The largest absolute Gasteiger partial charge is 0.468 e. The van der Waals surface area contributed by atoms with Crippen LogP contribution in [0.4, 0.5) is 24.7 Å². The Kier molecular flexibility index (Phi) is 4.41. The summed E-state index contributed by atoms with van der Waals surface area (Å²) in [6.45, 7) is 0. The third-order valence-corrected chi connectivity index (χ3v) is 3.71. The van der Waals surface area contributed by atoms with Crippen LogP contribution in [0.2, 0.25) is 0 Å². The van der Waals surface area contributed by atoms with Crippen LogP contribution < -0.4 is 10.6 Å². The monoisotopic (exact) mass is 340 g/mol. The summed E-state index contributed by atoms with van der Waals surface area (Å²) in [7, 11) is 0. The highest BCUT2D eigenvalue weighted by molar-refractivity contribution is 6.02. The second-order valence-electron chi connectivity index (χ2n) is 5.55. The van der Waals surface area contributed by atoms with Gasteiger partial charge in [0.05, 0.1) is 11.9 Å². The van der Waals surface area contributed by atoms with Crippen LogP contribution in [0, 0.1) is 0 Å². The first-order valence-corrected chi connectivity index (χ1v) is 7.48. The summed E-state index contributed by atoms with van der Waals surface area (Å²) < 4.78 is 41.5. The van der Waals surface area contributed by atoms with Gasteiger partial charge >= 0.3 is 12.1 Å². The molecule has 24 heavy (non-hydrogen) atoms. The predicted molar refractivity (Wildman–Crippen MR) is 79.6 cm³/mol. The molecule has 1 saturated carbocycles. The number of anilines is 2. The average Bonchev–Trinajstić information content (AvgIpc) is 3.19. The third-order valence-electron chi connectivity index (χ3n) is 3.71. The molecule has 2 N–H and O–H groups in total. The number of pyridine rings is 1. The van der Waals surface area contributed by atoms with Crippen molar-refractivity contribution in [3.8, 4) is 0 Å². The molecule has 0 bridgehead atoms. The Bertz CT molecular complexity index is 706. The van der Waals surface area contributed by atoms with E-state index in [0.29, 0.717) is 23.8 Å². The van der Waals surface area contributed by atoms with Crippen molar-refractivity contribution in [1.29, 1.82) is 0 Å². The molecule has 0 spiro atoms. The molecule has 3 rings (SSSR count). The maximum absolute atomic E-state index is 12.4. The highest BCUT2D eigenvalue weighted by Crippen LogP contribution is 2.28. The van der Waals surface area contributed by atoms with Crippen molar-refractivity contribution in [3.05, 3.63) is 36.2 Å². The van der Waals surface area contributed by atoms with Crippen LogP contribution in [0.1, 0.15) is 42.1 Å². The molecule has 6 nitrogen and oxygen atoms in total. The smallest absolute Gasteiger partial charge is 0.441 e. The second kappa shape index (κ2) is 6.50. The van der Waals surface area contributed by atoms with Gasteiger partial charge in [-0.25, -0.2) is 9.97 Å². The number of amides is 1. The van der Waals surface area contributed by atoms with E-state index in [1.807, 2.05) is 0 Å². The molecule has 1 aliphatic rings. The Balaban J connectivity index is 1.60. The average molecular weight is 340 g/mol. The Hall–Kier alpha value is -2.58. The summed E-state index contributed by atoms with van der Waals surface area (Å²) in [5.41, 5.74) is -0.0935. The Morgan fingerprint density at radius 1 is 1.25 bits per heavy atom. The fraction of sp³-hybridized carbons (Fsp3) is 0.400. The Labute approximate surface area is 135 Å². The fourth-order valence-electron chi connectivity index (χ4n) is 2.54. The van der Waals surface area contributed by atoms with Gasteiger partial charge in [0.1, 0.15) is 12.1 Å². The summed E-state index contributed by atoms with van der Waals surface area (Å²) in [6.07, 6.45) is 1.98. The van der Waals surface area contributed by atoms with E-state index in [1.54, 1.807) is 12.1 Å². The van der Waals surface area contributed by atoms with Crippen molar-refractivity contribution >= 4 is 17.4 Å². The molecule has 2 heterocycles. The van der Waals surface area contributed by atoms with Gasteiger partial charge < -0.3 is 15.1 Å². The molecule has 0 radical (unpaired) electrons. The lowest BCUT2D eigenvalue weighted by atomic mass is 10.2. The fourth-order valence-corrected chi connectivity index (χ4v) is 2.54. The zero-order chi connectivity index (χ0) is 17.2. The first-order valence-electron chi connectivity index (χ1n) is 7.48. The van der Waals surface area contributed by atoms with Gasteiger partial charge in [-0.3, -0.25) is 4.79 Å². The van der Waals surface area contributed by atoms with Gasteiger partial charge in [-0.1, -0.05) is 12.8 Å². The van der Waals surface area contributed by atoms with E-state index < -0.39 is 23.7 Å². The highest BCUT2D eigenvalue weighted by atomic mass is 19.4. The number of hydrogen-bond acceptors (Lipinski definition) is 5. The van der Waals surface area contributed by atoms with Crippen molar-refractivity contribution in [2.45, 2.75) is 37.9 Å². The second-order valence-corrected chi connectivity index (χ2v) is 5.55. The van der Waals surface area contributed by atoms with Crippen molar-refractivity contribution in [1.82, 2.24) is 9.97 Å². The summed E-state index contributed by atoms with van der Waals surface area (Å²) in [5, 5.41) is 5.72. The maximum Gasteiger partial charge on any atom is 0.468 e. The van der Waals surface area contributed by atoms with Gasteiger partial charge in [0.2, 0.25) is 0 Å². The van der Waals surface area contributed by atoms with Gasteiger partial charge in [-0.2, -0.15) is 13.2 Å². The summed E-state index contributed by atoms with van der Waals surface area (Å²) in [4.78, 5) is 19.2. The first-order chi connectivity index (χ1) is 11.4.